The average molecular weight is 612 g/mol. The van der Waals surface area contributed by atoms with E-state index in [-0.39, 0.29) is 0 Å². The maximum Gasteiger partial charge on any atom is 0.249 e. The Morgan fingerprint density at radius 2 is 0.535 bits per heavy atom. The van der Waals surface area contributed by atoms with E-state index in [9.17, 15) is 0 Å². The molecule has 0 fully saturated rings. The fourth-order valence-electron chi connectivity index (χ4n) is 6.29. The molecular weight excluding hydrogens is 530 g/mol. The van der Waals surface area contributed by atoms with E-state index < -0.39 is 6.16 Å². The lowest BCUT2D eigenvalue weighted by Crippen LogP contribution is -2.41. The van der Waals surface area contributed by atoms with Gasteiger partial charge in [-0.05, 0) is 25.7 Å². The standard InChI is InChI=1S/C38H80N.CH2O3/c1-5-7-9-11-13-15-17-19-21-23-25-27-29-31-33-35-37-39(3,4)38-36-34-32-30-28-26-24-22-20-18-16-14-12-10-8-6-2;2-1(3)4/h5-38H2,1-4H3;(H2,2,3,4)/q+1;/p-1. The Morgan fingerprint density at radius 1 is 0.395 bits per heavy atom. The molecule has 0 amide bonds. The number of carboxylic acid groups (broad SMARTS) is 2. The molecule has 0 saturated carbocycles. The average Bonchev–Trinajstić information content (AvgIpc) is 2.96. The van der Waals surface area contributed by atoms with E-state index in [1.165, 1.54) is 223 Å². The van der Waals surface area contributed by atoms with Crippen molar-refractivity contribution in [2.24, 2.45) is 0 Å². The number of carbonyl (C=O) groups is 1. The molecule has 4 nitrogen and oxygen atoms in total. The minimum Gasteiger partial charge on any atom is -0.565 e. The van der Waals surface area contributed by atoms with Gasteiger partial charge in [-0.1, -0.05) is 194 Å². The van der Waals surface area contributed by atoms with Gasteiger partial charge in [0, 0.05) is 0 Å². The summed E-state index contributed by atoms with van der Waals surface area (Å²) in [4.78, 5) is 8.44. The van der Waals surface area contributed by atoms with Gasteiger partial charge in [-0.3, -0.25) is 0 Å². The summed E-state index contributed by atoms with van der Waals surface area (Å²) in [5.41, 5.74) is 0. The first-order valence-corrected chi connectivity index (χ1v) is 19.6. The molecular formula is C39H81NO3. The zero-order chi connectivity index (χ0) is 32.1. The van der Waals surface area contributed by atoms with Crippen LogP contribution in [0.1, 0.15) is 219 Å². The lowest BCUT2D eigenvalue weighted by Gasteiger charge is -2.30. The largest absolute Gasteiger partial charge is 0.565 e. The lowest BCUT2D eigenvalue weighted by molar-refractivity contribution is -0.890. The summed E-state index contributed by atoms with van der Waals surface area (Å²) >= 11 is 0. The van der Waals surface area contributed by atoms with E-state index in [1.54, 1.807) is 0 Å². The van der Waals surface area contributed by atoms with Crippen molar-refractivity contribution in [1.29, 1.82) is 0 Å². The number of unbranched alkanes of at least 4 members (excludes halogenated alkanes) is 30. The Kier molecular flexibility index (Phi) is 38.6. The van der Waals surface area contributed by atoms with Gasteiger partial charge >= 0.3 is 0 Å². The Labute approximate surface area is 271 Å². The predicted molar refractivity (Wildman–Crippen MR) is 189 cm³/mol. The first-order chi connectivity index (χ1) is 20.9. The molecule has 4 heteroatoms. The van der Waals surface area contributed by atoms with Crippen LogP contribution < -0.4 is 5.11 Å². The van der Waals surface area contributed by atoms with Gasteiger partial charge in [0.2, 0.25) is 6.16 Å². The third-order valence-electron chi connectivity index (χ3n) is 9.23. The summed E-state index contributed by atoms with van der Waals surface area (Å²) in [5.74, 6) is 0. The molecule has 0 radical (unpaired) electrons. The van der Waals surface area contributed by atoms with E-state index in [1.807, 2.05) is 0 Å². The zero-order valence-corrected chi connectivity index (χ0v) is 30.3. The van der Waals surface area contributed by atoms with Crippen LogP contribution in [0.2, 0.25) is 0 Å². The summed E-state index contributed by atoms with van der Waals surface area (Å²) in [6, 6.07) is 0. The van der Waals surface area contributed by atoms with Crippen LogP contribution >= 0.6 is 0 Å². The van der Waals surface area contributed by atoms with Gasteiger partial charge in [0.25, 0.3) is 0 Å². The van der Waals surface area contributed by atoms with Crippen molar-refractivity contribution in [3.8, 4) is 0 Å². The first-order valence-electron chi connectivity index (χ1n) is 19.6. The van der Waals surface area contributed by atoms with Crippen LogP contribution in [0.4, 0.5) is 4.79 Å². The van der Waals surface area contributed by atoms with Crippen molar-refractivity contribution in [3.05, 3.63) is 0 Å². The Bertz CT molecular complexity index is 481. The van der Waals surface area contributed by atoms with Gasteiger partial charge in [-0.2, -0.15) is 0 Å². The monoisotopic (exact) mass is 612 g/mol. The van der Waals surface area contributed by atoms with Crippen LogP contribution in [-0.2, 0) is 0 Å². The molecule has 0 saturated heterocycles. The third kappa shape index (κ3) is 45.8. The molecule has 0 aliphatic heterocycles. The van der Waals surface area contributed by atoms with Crippen molar-refractivity contribution >= 4 is 6.16 Å². The second kappa shape index (κ2) is 37.4. The van der Waals surface area contributed by atoms with Crippen LogP contribution in [0.3, 0.4) is 0 Å². The van der Waals surface area contributed by atoms with Gasteiger partial charge in [0.15, 0.2) is 0 Å². The van der Waals surface area contributed by atoms with Crippen LogP contribution in [0.5, 0.6) is 0 Å². The van der Waals surface area contributed by atoms with Crippen molar-refractivity contribution in [3.63, 3.8) is 0 Å². The zero-order valence-electron chi connectivity index (χ0n) is 30.3. The molecule has 260 valence electrons. The third-order valence-corrected chi connectivity index (χ3v) is 9.23. The normalized spacial score (nSPS) is 11.4. The van der Waals surface area contributed by atoms with Crippen LogP contribution in [0.15, 0.2) is 0 Å². The lowest BCUT2D eigenvalue weighted by atomic mass is 10.0. The fourth-order valence-corrected chi connectivity index (χ4v) is 6.29. The summed E-state index contributed by atoms with van der Waals surface area (Å²) in [7, 11) is 4.94. The Morgan fingerprint density at radius 3 is 0.698 bits per heavy atom. The fraction of sp³-hybridized carbons (Fsp3) is 0.974. The molecule has 0 atom stereocenters. The van der Waals surface area contributed by atoms with E-state index in [0.717, 1.165) is 0 Å². The molecule has 0 aliphatic carbocycles. The minimum atomic E-state index is -2.08. The maximum atomic E-state index is 8.44. The summed E-state index contributed by atoms with van der Waals surface area (Å²) in [5, 5.41) is 15.3. The number of hydrogen-bond acceptors (Lipinski definition) is 2. The molecule has 0 rings (SSSR count). The summed E-state index contributed by atoms with van der Waals surface area (Å²) in [6.07, 6.45) is 44.8. The predicted octanol–water partition coefficient (Wildman–Crippen LogP) is 12.5. The quantitative estimate of drug-likeness (QED) is 0.0581. The molecule has 0 aromatic heterocycles. The highest BCUT2D eigenvalue weighted by Crippen LogP contribution is 2.16. The van der Waals surface area contributed by atoms with Crippen LogP contribution in [0, 0.1) is 0 Å². The number of hydrogen-bond donors (Lipinski definition) is 1. The molecule has 0 aromatic carbocycles. The Hall–Kier alpha value is -0.770. The molecule has 0 bridgehead atoms. The van der Waals surface area contributed by atoms with Gasteiger partial charge in [-0.25, -0.2) is 0 Å². The van der Waals surface area contributed by atoms with Crippen molar-refractivity contribution in [1.82, 2.24) is 0 Å². The summed E-state index contributed by atoms with van der Waals surface area (Å²) in [6.45, 7) is 7.39. The van der Waals surface area contributed by atoms with Crippen molar-refractivity contribution < 1.29 is 19.5 Å². The second-order valence-electron chi connectivity index (χ2n) is 14.3. The smallest absolute Gasteiger partial charge is 0.249 e. The molecule has 0 aromatic rings. The minimum absolute atomic E-state index is 1.25. The highest BCUT2D eigenvalue weighted by molar-refractivity contribution is 5.50. The van der Waals surface area contributed by atoms with Crippen LogP contribution in [0.25, 0.3) is 0 Å². The SMILES string of the molecule is CCCCCCCCCCCCCCCCCC[N+](C)(C)CCCCCCCCCCCCCCCCCC.O=C([O-])O. The van der Waals surface area contributed by atoms with Gasteiger partial charge < -0.3 is 19.5 Å². The molecule has 1 N–H and O–H groups in total. The highest BCUT2D eigenvalue weighted by Gasteiger charge is 2.13. The molecule has 0 spiro atoms. The van der Waals surface area contributed by atoms with E-state index in [2.05, 4.69) is 27.9 Å². The van der Waals surface area contributed by atoms with Crippen molar-refractivity contribution in [2.45, 2.75) is 219 Å². The molecule has 0 aliphatic rings. The topological polar surface area (TPSA) is 60.4 Å². The van der Waals surface area contributed by atoms with E-state index in [0.29, 0.717) is 0 Å². The highest BCUT2D eigenvalue weighted by atomic mass is 16.6. The summed E-state index contributed by atoms with van der Waals surface area (Å²) < 4.78 is 1.25. The van der Waals surface area contributed by atoms with Gasteiger partial charge in [0.05, 0.1) is 27.2 Å². The maximum absolute atomic E-state index is 8.44. The second-order valence-corrected chi connectivity index (χ2v) is 14.3. The molecule has 43 heavy (non-hydrogen) atoms. The van der Waals surface area contributed by atoms with Gasteiger partial charge in [0.1, 0.15) is 0 Å². The van der Waals surface area contributed by atoms with E-state index in [4.69, 9.17) is 15.0 Å². The molecule has 0 unspecified atom stereocenters. The van der Waals surface area contributed by atoms with Gasteiger partial charge in [-0.15, -0.1) is 0 Å². The van der Waals surface area contributed by atoms with E-state index >= 15 is 0 Å². The number of quaternary nitrogens is 1. The number of rotatable bonds is 34. The van der Waals surface area contributed by atoms with Crippen molar-refractivity contribution in [2.75, 3.05) is 27.2 Å². The molecule has 0 heterocycles. The first kappa shape index (κ1) is 44.4. The Balaban J connectivity index is 0. The number of nitrogens with zero attached hydrogens (tertiary/aromatic N) is 1. The van der Waals surface area contributed by atoms with Crippen LogP contribution in [-0.4, -0.2) is 42.9 Å².